The van der Waals surface area contributed by atoms with Crippen molar-refractivity contribution in [1.29, 1.82) is 0 Å². The molecule has 0 bridgehead atoms. The molecule has 2 heterocycles. The zero-order chi connectivity index (χ0) is 9.97. The minimum atomic E-state index is -0.101. The molecule has 2 rings (SSSR count). The first kappa shape index (κ1) is 9.05. The van der Waals surface area contributed by atoms with Crippen molar-refractivity contribution in [3.8, 4) is 0 Å². The summed E-state index contributed by atoms with van der Waals surface area (Å²) in [6, 6.07) is 0. The molecule has 0 spiro atoms. The second-order valence-electron chi connectivity index (χ2n) is 3.28. The van der Waals surface area contributed by atoms with Crippen LogP contribution >= 0.6 is 0 Å². The van der Waals surface area contributed by atoms with Gasteiger partial charge in [-0.2, -0.15) is 0 Å². The molecule has 1 aliphatic rings. The summed E-state index contributed by atoms with van der Waals surface area (Å²) in [5.41, 5.74) is 0.497. The summed E-state index contributed by atoms with van der Waals surface area (Å²) in [5.74, 6) is 0.703. The molecular weight excluding hydrogens is 180 g/mol. The van der Waals surface area contributed by atoms with Gasteiger partial charge in [0.05, 0.1) is 0 Å². The van der Waals surface area contributed by atoms with Crippen LogP contribution in [-0.4, -0.2) is 28.5 Å². The van der Waals surface area contributed by atoms with Gasteiger partial charge in [0.2, 0.25) is 5.95 Å². The van der Waals surface area contributed by atoms with E-state index in [0.717, 1.165) is 25.5 Å². The van der Waals surface area contributed by atoms with Crippen molar-refractivity contribution in [3.63, 3.8) is 0 Å². The van der Waals surface area contributed by atoms with Crippen molar-refractivity contribution in [2.45, 2.75) is 19.9 Å². The monoisotopic (exact) mass is 194 g/mol. The van der Waals surface area contributed by atoms with Gasteiger partial charge < -0.3 is 15.2 Å². The molecule has 0 aromatic carbocycles. The van der Waals surface area contributed by atoms with Gasteiger partial charge in [-0.25, -0.2) is 4.98 Å². The molecule has 0 unspecified atom stereocenters. The Morgan fingerprint density at radius 1 is 1.79 bits per heavy atom. The highest BCUT2D eigenvalue weighted by molar-refractivity contribution is 5.92. The summed E-state index contributed by atoms with van der Waals surface area (Å²) in [6.07, 6.45) is 2.88. The van der Waals surface area contributed by atoms with Crippen LogP contribution in [0.25, 0.3) is 0 Å². The Morgan fingerprint density at radius 2 is 2.64 bits per heavy atom. The molecule has 1 aliphatic heterocycles. The molecule has 1 aromatic rings. The van der Waals surface area contributed by atoms with Gasteiger partial charge in [-0.3, -0.25) is 4.79 Å². The fourth-order valence-electron chi connectivity index (χ4n) is 1.54. The summed E-state index contributed by atoms with van der Waals surface area (Å²) >= 11 is 0. The molecule has 14 heavy (non-hydrogen) atoms. The van der Waals surface area contributed by atoms with Gasteiger partial charge >= 0.3 is 0 Å². The van der Waals surface area contributed by atoms with E-state index in [1.54, 1.807) is 6.20 Å². The van der Waals surface area contributed by atoms with Crippen LogP contribution in [0.5, 0.6) is 0 Å². The summed E-state index contributed by atoms with van der Waals surface area (Å²) < 4.78 is 1.98. The first-order valence-electron chi connectivity index (χ1n) is 4.90. The van der Waals surface area contributed by atoms with E-state index >= 15 is 0 Å². The van der Waals surface area contributed by atoms with E-state index in [0.29, 0.717) is 12.2 Å². The molecule has 2 N–H and O–H groups in total. The average Bonchev–Trinajstić information content (AvgIpc) is 2.61. The fourth-order valence-corrected chi connectivity index (χ4v) is 1.54. The largest absolute Gasteiger partial charge is 0.356 e. The average molecular weight is 194 g/mol. The van der Waals surface area contributed by atoms with Crippen LogP contribution in [0.15, 0.2) is 6.20 Å². The van der Waals surface area contributed by atoms with E-state index in [2.05, 4.69) is 15.6 Å². The van der Waals surface area contributed by atoms with Crippen molar-refractivity contribution >= 4 is 11.9 Å². The Balaban J connectivity index is 2.19. The molecule has 1 aromatic heterocycles. The lowest BCUT2D eigenvalue weighted by Gasteiger charge is -2.14. The van der Waals surface area contributed by atoms with E-state index in [9.17, 15) is 4.79 Å². The first-order chi connectivity index (χ1) is 6.81. The second kappa shape index (κ2) is 3.69. The molecule has 0 saturated carbocycles. The fraction of sp³-hybridized carbons (Fsp3) is 0.556. The summed E-state index contributed by atoms with van der Waals surface area (Å²) in [7, 11) is 0. The molecular formula is C9H14N4O. The highest BCUT2D eigenvalue weighted by atomic mass is 16.1. The van der Waals surface area contributed by atoms with Crippen LogP contribution in [0, 0.1) is 0 Å². The van der Waals surface area contributed by atoms with Crippen molar-refractivity contribution in [1.82, 2.24) is 14.9 Å². The number of anilines is 1. The van der Waals surface area contributed by atoms with Crippen LogP contribution in [0.3, 0.4) is 0 Å². The number of hydrogen-bond acceptors (Lipinski definition) is 3. The Labute approximate surface area is 82.5 Å². The number of aryl methyl sites for hydroxylation is 1. The van der Waals surface area contributed by atoms with Gasteiger partial charge in [-0.1, -0.05) is 0 Å². The molecule has 5 heteroatoms. The third-order valence-electron chi connectivity index (χ3n) is 2.21. The molecule has 0 fully saturated rings. The third kappa shape index (κ3) is 1.57. The lowest BCUT2D eigenvalue weighted by Crippen LogP contribution is -2.22. The minimum Gasteiger partial charge on any atom is -0.356 e. The normalized spacial score (nSPS) is 14.4. The van der Waals surface area contributed by atoms with Crippen molar-refractivity contribution in [3.05, 3.63) is 11.9 Å². The minimum absolute atomic E-state index is 0.101. The SMILES string of the molecule is CCNC(=O)c1cn2c(n1)NCCC2. The number of aromatic nitrogens is 2. The van der Waals surface area contributed by atoms with Gasteiger partial charge in [0, 0.05) is 25.8 Å². The van der Waals surface area contributed by atoms with E-state index in [1.807, 2.05) is 11.5 Å². The van der Waals surface area contributed by atoms with Crippen LogP contribution in [0.1, 0.15) is 23.8 Å². The molecule has 5 nitrogen and oxygen atoms in total. The molecule has 76 valence electrons. The quantitative estimate of drug-likeness (QED) is 0.718. The highest BCUT2D eigenvalue weighted by Crippen LogP contribution is 2.13. The van der Waals surface area contributed by atoms with Gasteiger partial charge in [-0.15, -0.1) is 0 Å². The number of nitrogens with zero attached hydrogens (tertiary/aromatic N) is 2. The Hall–Kier alpha value is -1.52. The Kier molecular flexibility index (Phi) is 2.39. The smallest absolute Gasteiger partial charge is 0.271 e. The third-order valence-corrected chi connectivity index (χ3v) is 2.21. The van der Waals surface area contributed by atoms with E-state index in [4.69, 9.17) is 0 Å². The maximum atomic E-state index is 11.4. The zero-order valence-corrected chi connectivity index (χ0v) is 8.21. The van der Waals surface area contributed by atoms with E-state index in [1.165, 1.54) is 0 Å². The lowest BCUT2D eigenvalue weighted by atomic mass is 10.4. The topological polar surface area (TPSA) is 59.0 Å². The van der Waals surface area contributed by atoms with Gasteiger partial charge in [0.25, 0.3) is 5.91 Å². The van der Waals surface area contributed by atoms with E-state index < -0.39 is 0 Å². The maximum Gasteiger partial charge on any atom is 0.271 e. The second-order valence-corrected chi connectivity index (χ2v) is 3.28. The number of rotatable bonds is 2. The number of fused-ring (bicyclic) bond motifs is 1. The number of imidazole rings is 1. The Morgan fingerprint density at radius 3 is 3.36 bits per heavy atom. The highest BCUT2D eigenvalue weighted by Gasteiger charge is 2.15. The molecule has 0 aliphatic carbocycles. The first-order valence-corrected chi connectivity index (χ1v) is 4.90. The van der Waals surface area contributed by atoms with Crippen molar-refractivity contribution < 1.29 is 4.79 Å². The van der Waals surface area contributed by atoms with Crippen LogP contribution in [-0.2, 0) is 6.54 Å². The molecule has 0 atom stereocenters. The van der Waals surface area contributed by atoms with E-state index in [-0.39, 0.29) is 5.91 Å². The van der Waals surface area contributed by atoms with Gasteiger partial charge in [0.15, 0.2) is 0 Å². The number of carbonyl (C=O) groups is 1. The Bertz CT molecular complexity index is 321. The van der Waals surface area contributed by atoms with Crippen LogP contribution in [0.4, 0.5) is 5.95 Å². The summed E-state index contributed by atoms with van der Waals surface area (Å²) in [5, 5.41) is 5.88. The van der Waals surface area contributed by atoms with Crippen LogP contribution < -0.4 is 10.6 Å². The van der Waals surface area contributed by atoms with Crippen molar-refractivity contribution in [2.24, 2.45) is 0 Å². The van der Waals surface area contributed by atoms with Crippen molar-refractivity contribution in [2.75, 3.05) is 18.4 Å². The zero-order valence-electron chi connectivity index (χ0n) is 8.21. The number of hydrogen-bond donors (Lipinski definition) is 2. The number of amides is 1. The summed E-state index contributed by atoms with van der Waals surface area (Å²) in [6.45, 7) is 4.40. The van der Waals surface area contributed by atoms with Gasteiger partial charge in [-0.05, 0) is 13.3 Å². The van der Waals surface area contributed by atoms with Gasteiger partial charge in [0.1, 0.15) is 5.69 Å². The number of nitrogens with one attached hydrogen (secondary N) is 2. The molecule has 0 saturated heterocycles. The predicted molar refractivity (Wildman–Crippen MR) is 53.3 cm³/mol. The maximum absolute atomic E-state index is 11.4. The predicted octanol–water partition coefficient (Wildman–Crippen LogP) is 0.448. The number of carbonyl (C=O) groups excluding carboxylic acids is 1. The molecule has 1 amide bonds. The standard InChI is InChI=1S/C9H14N4O/c1-2-10-8(14)7-6-13-5-3-4-11-9(13)12-7/h6H,2-5H2,1H3,(H,10,14)(H,11,12). The lowest BCUT2D eigenvalue weighted by molar-refractivity contribution is 0.0951. The summed E-state index contributed by atoms with van der Waals surface area (Å²) in [4.78, 5) is 15.7. The van der Waals surface area contributed by atoms with Crippen LogP contribution in [0.2, 0.25) is 0 Å². The molecule has 0 radical (unpaired) electrons.